The molecule has 2 fully saturated rings. The number of alkyl halides is 1. The van der Waals surface area contributed by atoms with Crippen LogP contribution in [0.15, 0.2) is 18.2 Å². The van der Waals surface area contributed by atoms with E-state index in [0.29, 0.717) is 11.4 Å². The van der Waals surface area contributed by atoms with Crippen molar-refractivity contribution in [1.82, 2.24) is 10.6 Å². The van der Waals surface area contributed by atoms with Crippen LogP contribution in [0.2, 0.25) is 0 Å². The van der Waals surface area contributed by atoms with E-state index in [0.717, 1.165) is 26.2 Å². The van der Waals surface area contributed by atoms with Crippen LogP contribution in [0.25, 0.3) is 0 Å². The minimum atomic E-state index is -1.12. The lowest BCUT2D eigenvalue weighted by atomic mass is 10.2. The summed E-state index contributed by atoms with van der Waals surface area (Å²) in [7, 11) is 0. The molecule has 1 unspecified atom stereocenters. The second-order valence-corrected chi connectivity index (χ2v) is 5.93. The molecule has 0 saturated carbocycles. The van der Waals surface area contributed by atoms with Gasteiger partial charge in [-0.25, -0.2) is 13.6 Å². The predicted molar refractivity (Wildman–Crippen MR) is 88.1 cm³/mol. The number of anilines is 2. The molecule has 0 radical (unpaired) electrons. The van der Waals surface area contributed by atoms with E-state index in [2.05, 4.69) is 10.6 Å². The van der Waals surface area contributed by atoms with Crippen LogP contribution in [-0.2, 0) is 9.53 Å². The number of cyclic esters (lactones) is 1. The molecule has 136 valence electrons. The maximum Gasteiger partial charge on any atom is 0.414 e. The summed E-state index contributed by atoms with van der Waals surface area (Å²) in [5, 5.41) is 5.53. The van der Waals surface area contributed by atoms with Crippen molar-refractivity contribution in [3.05, 3.63) is 24.0 Å². The molecule has 1 aromatic rings. The smallest absolute Gasteiger partial charge is 0.414 e. The first-order chi connectivity index (χ1) is 12.1. The summed E-state index contributed by atoms with van der Waals surface area (Å²) in [6.07, 6.45) is -1.22. The third-order valence-corrected chi connectivity index (χ3v) is 4.22. The van der Waals surface area contributed by atoms with Gasteiger partial charge in [-0.3, -0.25) is 9.69 Å². The van der Waals surface area contributed by atoms with Gasteiger partial charge >= 0.3 is 6.09 Å². The molecule has 0 bridgehead atoms. The highest BCUT2D eigenvalue weighted by Crippen LogP contribution is 2.28. The molecule has 0 spiro atoms. The summed E-state index contributed by atoms with van der Waals surface area (Å²) in [6, 6.07) is 4.63. The average Bonchev–Trinajstić information content (AvgIpc) is 3.01. The maximum atomic E-state index is 14.5. The number of nitrogens with one attached hydrogen (secondary N) is 2. The van der Waals surface area contributed by atoms with Crippen molar-refractivity contribution in [2.45, 2.75) is 6.10 Å². The molecule has 2 aliphatic rings. The fraction of sp³-hybridized carbons (Fsp3) is 0.500. The molecule has 2 heterocycles. The van der Waals surface area contributed by atoms with E-state index >= 15 is 0 Å². The van der Waals surface area contributed by atoms with E-state index in [-0.39, 0.29) is 13.1 Å². The Balaban J connectivity index is 1.66. The normalized spacial score (nSPS) is 20.6. The van der Waals surface area contributed by atoms with Crippen LogP contribution in [0.3, 0.4) is 0 Å². The fourth-order valence-corrected chi connectivity index (χ4v) is 2.94. The van der Waals surface area contributed by atoms with Gasteiger partial charge < -0.3 is 20.3 Å². The quantitative estimate of drug-likeness (QED) is 0.812. The van der Waals surface area contributed by atoms with E-state index < -0.39 is 30.6 Å². The summed E-state index contributed by atoms with van der Waals surface area (Å²) < 4.78 is 31.7. The van der Waals surface area contributed by atoms with Crippen molar-refractivity contribution in [2.75, 3.05) is 55.7 Å². The van der Waals surface area contributed by atoms with Crippen LogP contribution in [0.1, 0.15) is 0 Å². The molecular formula is C16H20F2N4O3. The lowest BCUT2D eigenvalue weighted by Gasteiger charge is -2.30. The number of hydrogen-bond donors (Lipinski definition) is 2. The van der Waals surface area contributed by atoms with Crippen molar-refractivity contribution in [2.24, 2.45) is 0 Å². The molecule has 0 aliphatic carbocycles. The summed E-state index contributed by atoms with van der Waals surface area (Å²) in [5.41, 5.74) is 0.894. The predicted octanol–water partition coefficient (Wildman–Crippen LogP) is 0.646. The number of carbonyl (C=O) groups is 2. The lowest BCUT2D eigenvalue weighted by Crippen LogP contribution is -2.43. The molecule has 25 heavy (non-hydrogen) atoms. The van der Waals surface area contributed by atoms with Gasteiger partial charge in [0.1, 0.15) is 11.9 Å². The average molecular weight is 354 g/mol. The van der Waals surface area contributed by atoms with E-state index in [1.807, 2.05) is 4.90 Å². The van der Waals surface area contributed by atoms with Crippen molar-refractivity contribution in [1.29, 1.82) is 0 Å². The Bertz CT molecular complexity index is 652. The highest BCUT2D eigenvalue weighted by Gasteiger charge is 2.33. The zero-order valence-electron chi connectivity index (χ0n) is 13.6. The summed E-state index contributed by atoms with van der Waals surface area (Å²) in [5.74, 6) is -1.16. The Labute approximate surface area is 143 Å². The van der Waals surface area contributed by atoms with Crippen molar-refractivity contribution < 1.29 is 23.1 Å². The highest BCUT2D eigenvalue weighted by atomic mass is 19.1. The number of ether oxygens (including phenoxy) is 1. The van der Waals surface area contributed by atoms with Crippen LogP contribution >= 0.6 is 0 Å². The van der Waals surface area contributed by atoms with Gasteiger partial charge in [0.2, 0.25) is 0 Å². The molecule has 1 aromatic carbocycles. The Morgan fingerprint density at radius 2 is 2.12 bits per heavy atom. The first-order valence-electron chi connectivity index (χ1n) is 8.14. The summed E-state index contributed by atoms with van der Waals surface area (Å²) >= 11 is 0. The highest BCUT2D eigenvalue weighted by molar-refractivity contribution is 5.90. The van der Waals surface area contributed by atoms with Crippen molar-refractivity contribution >= 4 is 23.4 Å². The maximum absolute atomic E-state index is 14.5. The van der Waals surface area contributed by atoms with E-state index in [1.165, 1.54) is 11.0 Å². The van der Waals surface area contributed by atoms with Gasteiger partial charge in [-0.1, -0.05) is 0 Å². The standard InChI is InChI=1S/C16H20F2N4O3/c17-8-15(23)20-9-12-10-22(16(24)25-12)11-1-2-14(13(18)7-11)21-5-3-19-4-6-21/h1-2,7,12,19H,3-6,8-10H2,(H,20,23). The number of nitrogens with zero attached hydrogens (tertiary/aromatic N) is 2. The van der Waals surface area contributed by atoms with Gasteiger partial charge in [0.25, 0.3) is 5.91 Å². The van der Waals surface area contributed by atoms with Crippen LogP contribution < -0.4 is 20.4 Å². The van der Waals surface area contributed by atoms with Gasteiger partial charge in [-0.05, 0) is 18.2 Å². The van der Waals surface area contributed by atoms with Crippen LogP contribution in [0.5, 0.6) is 0 Å². The van der Waals surface area contributed by atoms with Crippen molar-refractivity contribution in [3.8, 4) is 0 Å². The largest absolute Gasteiger partial charge is 0.442 e. The third kappa shape index (κ3) is 3.98. The first kappa shape index (κ1) is 17.4. The van der Waals surface area contributed by atoms with E-state index in [9.17, 15) is 18.4 Å². The number of halogens is 2. The second kappa shape index (κ2) is 7.64. The third-order valence-electron chi connectivity index (χ3n) is 4.22. The molecule has 2 saturated heterocycles. The van der Waals surface area contributed by atoms with E-state index in [4.69, 9.17) is 4.74 Å². The van der Waals surface area contributed by atoms with Gasteiger partial charge in [0.15, 0.2) is 6.67 Å². The number of hydrogen-bond acceptors (Lipinski definition) is 5. The van der Waals surface area contributed by atoms with Gasteiger partial charge in [-0.15, -0.1) is 0 Å². The Hall–Kier alpha value is -2.42. The van der Waals surface area contributed by atoms with Gasteiger partial charge in [0, 0.05) is 26.2 Å². The van der Waals surface area contributed by atoms with Gasteiger partial charge in [0.05, 0.1) is 24.5 Å². The molecule has 9 heteroatoms. The zero-order valence-corrected chi connectivity index (χ0v) is 13.6. The monoisotopic (exact) mass is 354 g/mol. The van der Waals surface area contributed by atoms with Crippen molar-refractivity contribution in [3.63, 3.8) is 0 Å². The molecule has 0 aromatic heterocycles. The molecule has 1 atom stereocenters. The molecule has 7 nitrogen and oxygen atoms in total. The minimum absolute atomic E-state index is 0.0202. The number of piperazine rings is 1. The topological polar surface area (TPSA) is 73.9 Å². The van der Waals surface area contributed by atoms with Crippen LogP contribution in [0.4, 0.5) is 25.0 Å². The Kier molecular flexibility index (Phi) is 5.32. The minimum Gasteiger partial charge on any atom is -0.442 e. The molecular weight excluding hydrogens is 334 g/mol. The van der Waals surface area contributed by atoms with Crippen LogP contribution in [0, 0.1) is 5.82 Å². The zero-order chi connectivity index (χ0) is 17.8. The molecule has 2 N–H and O–H groups in total. The van der Waals surface area contributed by atoms with E-state index in [1.54, 1.807) is 12.1 Å². The summed E-state index contributed by atoms with van der Waals surface area (Å²) in [6.45, 7) is 2.10. The molecule has 2 aliphatic heterocycles. The summed E-state index contributed by atoms with van der Waals surface area (Å²) in [4.78, 5) is 26.2. The number of benzene rings is 1. The first-order valence-corrected chi connectivity index (χ1v) is 8.14. The number of carbonyl (C=O) groups excluding carboxylic acids is 2. The molecule has 3 rings (SSSR count). The SMILES string of the molecule is O=C(CF)NCC1CN(c2ccc(N3CCNCC3)c(F)c2)C(=O)O1. The second-order valence-electron chi connectivity index (χ2n) is 5.93. The molecule has 2 amide bonds. The van der Waals surface area contributed by atoms with Gasteiger partial charge in [-0.2, -0.15) is 0 Å². The Morgan fingerprint density at radius 3 is 2.80 bits per heavy atom. The number of rotatable bonds is 5. The number of amides is 2. The fourth-order valence-electron chi connectivity index (χ4n) is 2.94. The Morgan fingerprint density at radius 1 is 1.36 bits per heavy atom. The lowest BCUT2D eigenvalue weighted by molar-refractivity contribution is -0.122. The van der Waals surface area contributed by atoms with Crippen LogP contribution in [-0.4, -0.2) is 64.0 Å².